The quantitative estimate of drug-likeness (QED) is 0.482. The fraction of sp³-hybridized carbons (Fsp3) is 0.125. The van der Waals surface area contributed by atoms with Gasteiger partial charge in [-0.25, -0.2) is 9.97 Å². The number of halogens is 1. The first-order valence-electron chi connectivity index (χ1n) is 9.98. The minimum atomic E-state index is -0.0589. The molecule has 0 atom stereocenters. The Kier molecular flexibility index (Phi) is 5.14. The molecule has 0 saturated carbocycles. The maximum atomic E-state index is 12.1. The van der Waals surface area contributed by atoms with E-state index in [0.717, 1.165) is 28.9 Å². The number of nitrogens with zero attached hydrogens (tertiary/aromatic N) is 2. The molecule has 1 amide bonds. The summed E-state index contributed by atoms with van der Waals surface area (Å²) < 4.78 is 6.06. The highest BCUT2D eigenvalue weighted by Gasteiger charge is 2.21. The van der Waals surface area contributed by atoms with Gasteiger partial charge in [0.25, 0.3) is 5.91 Å². The fourth-order valence-electron chi connectivity index (χ4n) is 3.62. The summed E-state index contributed by atoms with van der Waals surface area (Å²) in [6, 6.07) is 18.9. The Hall–Kier alpha value is -3.64. The van der Waals surface area contributed by atoms with E-state index >= 15 is 0 Å². The molecular weight excluding hydrogens is 412 g/mol. The van der Waals surface area contributed by atoms with Crippen LogP contribution in [0.2, 0.25) is 5.02 Å². The van der Waals surface area contributed by atoms with Gasteiger partial charge < -0.3 is 15.0 Å². The van der Waals surface area contributed by atoms with E-state index in [4.69, 9.17) is 21.3 Å². The Bertz CT molecular complexity index is 1270. The summed E-state index contributed by atoms with van der Waals surface area (Å²) in [6.45, 7) is 0.978. The molecule has 1 aliphatic heterocycles. The van der Waals surface area contributed by atoms with E-state index in [9.17, 15) is 4.79 Å². The molecule has 31 heavy (non-hydrogen) atoms. The molecule has 7 heteroatoms. The Balaban J connectivity index is 1.45. The van der Waals surface area contributed by atoms with E-state index < -0.39 is 0 Å². The van der Waals surface area contributed by atoms with Crippen molar-refractivity contribution >= 4 is 17.5 Å². The second-order valence-electron chi connectivity index (χ2n) is 7.22. The number of nitrogens with one attached hydrogen (secondary N) is 2. The van der Waals surface area contributed by atoms with Gasteiger partial charge in [-0.05, 0) is 30.3 Å². The number of benzene rings is 2. The summed E-state index contributed by atoms with van der Waals surface area (Å²) >= 11 is 6.25. The van der Waals surface area contributed by atoms with Gasteiger partial charge in [-0.1, -0.05) is 41.9 Å². The van der Waals surface area contributed by atoms with Gasteiger partial charge >= 0.3 is 0 Å². The number of fused-ring (bicyclic) bond motifs is 1. The van der Waals surface area contributed by atoms with Crippen LogP contribution >= 0.6 is 11.6 Å². The third-order valence-corrected chi connectivity index (χ3v) is 5.57. The summed E-state index contributed by atoms with van der Waals surface area (Å²) in [5.74, 6) is 1.16. The second-order valence-corrected chi connectivity index (χ2v) is 7.63. The molecule has 2 aromatic carbocycles. The van der Waals surface area contributed by atoms with Crippen molar-refractivity contribution in [3.63, 3.8) is 0 Å². The molecule has 0 bridgehead atoms. The van der Waals surface area contributed by atoms with E-state index in [1.165, 1.54) is 0 Å². The van der Waals surface area contributed by atoms with Crippen molar-refractivity contribution in [2.75, 3.05) is 6.54 Å². The molecule has 0 unspecified atom stereocenters. The molecule has 2 aromatic heterocycles. The van der Waals surface area contributed by atoms with Crippen molar-refractivity contribution in [1.29, 1.82) is 0 Å². The zero-order valence-electron chi connectivity index (χ0n) is 16.6. The lowest BCUT2D eigenvalue weighted by molar-refractivity contribution is 0.0946. The Morgan fingerprint density at radius 3 is 2.74 bits per heavy atom. The van der Waals surface area contributed by atoms with Gasteiger partial charge in [-0.15, -0.1) is 0 Å². The monoisotopic (exact) mass is 430 g/mol. The first-order valence-corrected chi connectivity index (χ1v) is 10.4. The maximum absolute atomic E-state index is 12.1. The van der Waals surface area contributed by atoms with Crippen LogP contribution in [0.15, 0.2) is 66.9 Å². The van der Waals surface area contributed by atoms with E-state index in [2.05, 4.69) is 15.3 Å². The van der Waals surface area contributed by atoms with Gasteiger partial charge in [0, 0.05) is 35.4 Å². The summed E-state index contributed by atoms with van der Waals surface area (Å²) in [5, 5.41) is 3.53. The van der Waals surface area contributed by atoms with Gasteiger partial charge in [0.05, 0.1) is 22.5 Å². The van der Waals surface area contributed by atoms with Gasteiger partial charge in [0.15, 0.2) is 5.82 Å². The summed E-state index contributed by atoms with van der Waals surface area (Å²) in [7, 11) is 0. The van der Waals surface area contributed by atoms with E-state index in [1.54, 1.807) is 6.20 Å². The molecule has 3 heterocycles. The van der Waals surface area contributed by atoms with Gasteiger partial charge in [-0.2, -0.15) is 0 Å². The van der Waals surface area contributed by atoms with Crippen LogP contribution in [0, 0.1) is 0 Å². The number of hydrogen-bond acceptors (Lipinski definition) is 4. The van der Waals surface area contributed by atoms with E-state index in [0.29, 0.717) is 41.0 Å². The average molecular weight is 431 g/mol. The van der Waals surface area contributed by atoms with Crippen molar-refractivity contribution in [2.45, 2.75) is 13.0 Å². The standard InChI is InChI=1S/C24H19ClN4O2/c25-18-7-3-1-5-15(18)14-31-22-8-4-2-6-16(22)23-26-11-10-20(29-23)21-13-17-19(28-21)9-12-27-24(17)30/h1-8,10-11,13,28H,9,12,14H2,(H,27,30). The largest absolute Gasteiger partial charge is 0.488 e. The normalized spacial score (nSPS) is 12.9. The SMILES string of the molecule is O=C1NCCc2[nH]c(-c3ccnc(-c4ccccc4OCc4ccccc4Cl)n3)cc21. The molecule has 154 valence electrons. The number of amides is 1. The number of aromatic amines is 1. The number of aromatic nitrogens is 3. The van der Waals surface area contributed by atoms with Crippen LogP contribution in [0.3, 0.4) is 0 Å². The smallest absolute Gasteiger partial charge is 0.253 e. The molecule has 0 radical (unpaired) electrons. The highest BCUT2D eigenvalue weighted by Crippen LogP contribution is 2.30. The predicted octanol–water partition coefficient (Wildman–Crippen LogP) is 4.66. The van der Waals surface area contributed by atoms with E-state index in [1.807, 2.05) is 60.7 Å². The van der Waals surface area contributed by atoms with Crippen molar-refractivity contribution in [2.24, 2.45) is 0 Å². The molecule has 5 rings (SSSR count). The average Bonchev–Trinajstić information content (AvgIpc) is 3.25. The van der Waals surface area contributed by atoms with Crippen LogP contribution < -0.4 is 10.1 Å². The molecule has 2 N–H and O–H groups in total. The van der Waals surface area contributed by atoms with Crippen molar-refractivity contribution in [3.05, 3.63) is 88.7 Å². The first kappa shape index (κ1) is 19.3. The molecule has 0 saturated heterocycles. The number of carbonyl (C=O) groups excluding carboxylic acids is 1. The third-order valence-electron chi connectivity index (χ3n) is 5.21. The third kappa shape index (κ3) is 3.90. The Morgan fingerprint density at radius 2 is 1.87 bits per heavy atom. The van der Waals surface area contributed by atoms with Crippen molar-refractivity contribution in [1.82, 2.24) is 20.3 Å². The lowest BCUT2D eigenvalue weighted by Gasteiger charge is -2.12. The number of hydrogen-bond donors (Lipinski definition) is 2. The summed E-state index contributed by atoms with van der Waals surface area (Å²) in [6.07, 6.45) is 2.49. The summed E-state index contributed by atoms with van der Waals surface area (Å²) in [5.41, 5.74) is 4.80. The highest BCUT2D eigenvalue weighted by molar-refractivity contribution is 6.31. The van der Waals surface area contributed by atoms with Crippen LogP contribution in [-0.2, 0) is 13.0 Å². The van der Waals surface area contributed by atoms with Crippen LogP contribution in [0.4, 0.5) is 0 Å². The number of rotatable bonds is 5. The Labute approximate surface area is 184 Å². The zero-order chi connectivity index (χ0) is 21.2. The molecule has 0 spiro atoms. The van der Waals surface area contributed by atoms with Gasteiger partial charge in [0.1, 0.15) is 12.4 Å². The summed E-state index contributed by atoms with van der Waals surface area (Å²) in [4.78, 5) is 24.6. The number of H-pyrrole nitrogens is 1. The minimum absolute atomic E-state index is 0.0589. The Morgan fingerprint density at radius 1 is 1.03 bits per heavy atom. The second kappa shape index (κ2) is 8.24. The van der Waals surface area contributed by atoms with Gasteiger partial charge in [0.2, 0.25) is 0 Å². The van der Waals surface area contributed by atoms with E-state index in [-0.39, 0.29) is 5.91 Å². The maximum Gasteiger partial charge on any atom is 0.253 e. The lowest BCUT2D eigenvalue weighted by atomic mass is 10.1. The van der Waals surface area contributed by atoms with Crippen LogP contribution in [0.5, 0.6) is 5.75 Å². The van der Waals surface area contributed by atoms with Gasteiger partial charge in [-0.3, -0.25) is 4.79 Å². The number of para-hydroxylation sites is 1. The highest BCUT2D eigenvalue weighted by atomic mass is 35.5. The molecule has 4 aromatic rings. The first-order chi connectivity index (χ1) is 15.2. The molecule has 6 nitrogen and oxygen atoms in total. The zero-order valence-corrected chi connectivity index (χ0v) is 17.3. The topological polar surface area (TPSA) is 79.9 Å². The molecule has 1 aliphatic rings. The van der Waals surface area contributed by atoms with Crippen LogP contribution in [-0.4, -0.2) is 27.4 Å². The predicted molar refractivity (Wildman–Crippen MR) is 119 cm³/mol. The fourth-order valence-corrected chi connectivity index (χ4v) is 3.81. The number of ether oxygens (including phenoxy) is 1. The lowest BCUT2D eigenvalue weighted by Crippen LogP contribution is -2.31. The number of carbonyl (C=O) groups is 1. The molecule has 0 fully saturated rings. The minimum Gasteiger partial charge on any atom is -0.488 e. The molecule has 0 aliphatic carbocycles. The van der Waals surface area contributed by atoms with Crippen LogP contribution in [0.1, 0.15) is 21.6 Å². The van der Waals surface area contributed by atoms with Crippen molar-refractivity contribution in [3.8, 4) is 28.5 Å². The molecular formula is C24H19ClN4O2. The van der Waals surface area contributed by atoms with Crippen LogP contribution in [0.25, 0.3) is 22.8 Å². The van der Waals surface area contributed by atoms with Crippen molar-refractivity contribution < 1.29 is 9.53 Å².